The zero-order valence-corrected chi connectivity index (χ0v) is 13.2. The summed E-state index contributed by atoms with van der Waals surface area (Å²) >= 11 is 0. The van der Waals surface area contributed by atoms with Gasteiger partial charge in [0.1, 0.15) is 5.82 Å². The number of carbonyl (C=O) groups is 1. The molecule has 1 aromatic heterocycles. The van der Waals surface area contributed by atoms with Gasteiger partial charge in [-0.3, -0.25) is 4.79 Å². The lowest BCUT2D eigenvalue weighted by Crippen LogP contribution is -2.13. The van der Waals surface area contributed by atoms with Gasteiger partial charge in [0.25, 0.3) is 0 Å². The predicted octanol–water partition coefficient (Wildman–Crippen LogP) is 3.64. The molecule has 0 radical (unpaired) electrons. The van der Waals surface area contributed by atoms with Crippen molar-refractivity contribution in [2.24, 2.45) is 0 Å². The molecule has 3 aromatic rings. The highest BCUT2D eigenvalue weighted by atomic mass is 19.1. The van der Waals surface area contributed by atoms with Crippen molar-refractivity contribution in [2.45, 2.75) is 19.4 Å². The number of halogens is 1. The molecule has 0 aliphatic carbocycles. The second kappa shape index (κ2) is 7.55. The highest BCUT2D eigenvalue weighted by Gasteiger charge is 2.06. The van der Waals surface area contributed by atoms with E-state index in [1.54, 1.807) is 30.7 Å². The number of rotatable bonds is 6. The van der Waals surface area contributed by atoms with E-state index >= 15 is 0 Å². The van der Waals surface area contributed by atoms with Crippen LogP contribution < -0.4 is 5.32 Å². The van der Waals surface area contributed by atoms with E-state index in [9.17, 15) is 9.18 Å². The summed E-state index contributed by atoms with van der Waals surface area (Å²) in [4.78, 5) is 16.1. The van der Waals surface area contributed by atoms with Crippen molar-refractivity contribution in [2.75, 3.05) is 5.32 Å². The Morgan fingerprint density at radius 1 is 1.17 bits per heavy atom. The van der Waals surface area contributed by atoms with Crippen LogP contribution in [0.1, 0.15) is 17.5 Å². The van der Waals surface area contributed by atoms with Crippen LogP contribution in [0.2, 0.25) is 0 Å². The zero-order valence-electron chi connectivity index (χ0n) is 13.2. The van der Waals surface area contributed by atoms with Crippen molar-refractivity contribution in [1.29, 1.82) is 0 Å². The molecule has 122 valence electrons. The van der Waals surface area contributed by atoms with E-state index in [-0.39, 0.29) is 18.1 Å². The maximum atomic E-state index is 13.6. The molecule has 0 aliphatic rings. The van der Waals surface area contributed by atoms with Gasteiger partial charge in [-0.15, -0.1) is 0 Å². The minimum absolute atomic E-state index is 0.127. The van der Waals surface area contributed by atoms with Crippen molar-refractivity contribution in [1.82, 2.24) is 9.55 Å². The smallest absolute Gasteiger partial charge is 0.224 e. The average molecular weight is 323 g/mol. The molecule has 0 fully saturated rings. The van der Waals surface area contributed by atoms with E-state index < -0.39 is 0 Å². The van der Waals surface area contributed by atoms with Crippen LogP contribution in [-0.4, -0.2) is 15.5 Å². The summed E-state index contributed by atoms with van der Waals surface area (Å²) in [5.74, 6) is -0.398. The molecular formula is C19H18FN3O. The third-order valence-electron chi connectivity index (χ3n) is 3.71. The highest BCUT2D eigenvalue weighted by molar-refractivity contribution is 5.90. The molecule has 0 unspecified atom stereocenters. The predicted molar refractivity (Wildman–Crippen MR) is 91.1 cm³/mol. The minimum atomic E-state index is -0.271. The molecule has 0 saturated heterocycles. The topological polar surface area (TPSA) is 46.9 Å². The Morgan fingerprint density at radius 3 is 2.83 bits per heavy atom. The fraction of sp³-hybridized carbons (Fsp3) is 0.158. The first kappa shape index (κ1) is 15.9. The van der Waals surface area contributed by atoms with Gasteiger partial charge in [0.15, 0.2) is 0 Å². The average Bonchev–Trinajstić information content (AvgIpc) is 3.07. The number of amides is 1. The molecule has 1 heterocycles. The lowest BCUT2D eigenvalue weighted by atomic mass is 10.1. The Morgan fingerprint density at radius 2 is 2.04 bits per heavy atom. The second-order valence-corrected chi connectivity index (χ2v) is 5.57. The minimum Gasteiger partial charge on any atom is -0.333 e. The van der Waals surface area contributed by atoms with Crippen molar-refractivity contribution in [3.63, 3.8) is 0 Å². The standard InChI is InChI=1S/C19H18FN3O/c20-18-7-2-1-5-16(18)8-9-19(24)22-17-6-3-4-15(12-17)13-23-11-10-21-14-23/h1-7,10-12,14H,8-9,13H2,(H,22,24). The van der Waals surface area contributed by atoms with Crippen molar-refractivity contribution in [3.05, 3.63) is 84.2 Å². The SMILES string of the molecule is O=C(CCc1ccccc1F)Nc1cccc(Cn2ccnc2)c1. The van der Waals surface area contributed by atoms with Gasteiger partial charge in [-0.1, -0.05) is 30.3 Å². The fourth-order valence-electron chi connectivity index (χ4n) is 2.51. The van der Waals surface area contributed by atoms with Gasteiger partial charge in [-0.2, -0.15) is 0 Å². The monoisotopic (exact) mass is 323 g/mol. The van der Waals surface area contributed by atoms with Gasteiger partial charge in [-0.05, 0) is 35.7 Å². The molecule has 1 N–H and O–H groups in total. The van der Waals surface area contributed by atoms with Gasteiger partial charge >= 0.3 is 0 Å². The van der Waals surface area contributed by atoms with Gasteiger partial charge in [-0.25, -0.2) is 9.37 Å². The number of carbonyl (C=O) groups excluding carboxylic acids is 1. The summed E-state index contributed by atoms with van der Waals surface area (Å²) in [6.45, 7) is 0.693. The van der Waals surface area contributed by atoms with Crippen LogP contribution in [0.3, 0.4) is 0 Å². The van der Waals surface area contributed by atoms with Gasteiger partial charge < -0.3 is 9.88 Å². The number of benzene rings is 2. The number of imidazole rings is 1. The number of anilines is 1. The summed E-state index contributed by atoms with van der Waals surface area (Å²) in [5.41, 5.74) is 2.37. The lowest BCUT2D eigenvalue weighted by molar-refractivity contribution is -0.116. The van der Waals surface area contributed by atoms with Crippen LogP contribution in [0.15, 0.2) is 67.3 Å². The van der Waals surface area contributed by atoms with E-state index in [1.807, 2.05) is 35.0 Å². The lowest BCUT2D eigenvalue weighted by Gasteiger charge is -2.08. The molecular weight excluding hydrogens is 305 g/mol. The maximum absolute atomic E-state index is 13.6. The van der Waals surface area contributed by atoms with Crippen LogP contribution in [0.5, 0.6) is 0 Å². The first-order chi connectivity index (χ1) is 11.7. The molecule has 24 heavy (non-hydrogen) atoms. The molecule has 0 aliphatic heterocycles. The van der Waals surface area contributed by atoms with E-state index in [2.05, 4.69) is 10.3 Å². The Hall–Kier alpha value is -2.95. The highest BCUT2D eigenvalue weighted by Crippen LogP contribution is 2.14. The third kappa shape index (κ3) is 4.29. The molecule has 0 atom stereocenters. The Labute approximate surface area is 140 Å². The summed E-state index contributed by atoms with van der Waals surface area (Å²) in [6, 6.07) is 14.2. The van der Waals surface area contributed by atoms with Gasteiger partial charge in [0.05, 0.1) is 6.33 Å². The summed E-state index contributed by atoms with van der Waals surface area (Å²) < 4.78 is 15.5. The largest absolute Gasteiger partial charge is 0.333 e. The molecule has 0 spiro atoms. The molecule has 1 amide bonds. The maximum Gasteiger partial charge on any atom is 0.224 e. The normalized spacial score (nSPS) is 10.5. The summed E-state index contributed by atoms with van der Waals surface area (Å²) in [5, 5.41) is 2.87. The number of aromatic nitrogens is 2. The van der Waals surface area contributed by atoms with E-state index in [0.717, 1.165) is 11.3 Å². The molecule has 4 nitrogen and oxygen atoms in total. The van der Waals surface area contributed by atoms with Gasteiger partial charge in [0, 0.05) is 31.0 Å². The number of hydrogen-bond donors (Lipinski definition) is 1. The third-order valence-corrected chi connectivity index (χ3v) is 3.71. The van der Waals surface area contributed by atoms with Gasteiger partial charge in [0.2, 0.25) is 5.91 Å². The van der Waals surface area contributed by atoms with Crippen LogP contribution in [0, 0.1) is 5.82 Å². The molecule has 3 rings (SSSR count). The molecule has 5 heteroatoms. The van der Waals surface area contributed by atoms with Crippen molar-refractivity contribution >= 4 is 11.6 Å². The van der Waals surface area contributed by atoms with Crippen molar-refractivity contribution in [3.8, 4) is 0 Å². The van der Waals surface area contributed by atoms with Crippen LogP contribution in [-0.2, 0) is 17.8 Å². The van der Waals surface area contributed by atoms with E-state index in [1.165, 1.54) is 6.07 Å². The Balaban J connectivity index is 1.57. The quantitative estimate of drug-likeness (QED) is 0.753. The van der Waals surface area contributed by atoms with Crippen LogP contribution >= 0.6 is 0 Å². The number of aryl methyl sites for hydroxylation is 1. The summed E-state index contributed by atoms with van der Waals surface area (Å²) in [7, 11) is 0. The first-order valence-electron chi connectivity index (χ1n) is 7.78. The molecule has 0 bridgehead atoms. The second-order valence-electron chi connectivity index (χ2n) is 5.57. The Bertz CT molecular complexity index is 815. The summed E-state index contributed by atoms with van der Waals surface area (Å²) in [6.07, 6.45) is 5.99. The molecule has 0 saturated carbocycles. The Kier molecular flexibility index (Phi) is 5.01. The molecule has 2 aromatic carbocycles. The number of nitrogens with one attached hydrogen (secondary N) is 1. The van der Waals surface area contributed by atoms with E-state index in [0.29, 0.717) is 18.5 Å². The zero-order chi connectivity index (χ0) is 16.8. The van der Waals surface area contributed by atoms with Crippen LogP contribution in [0.4, 0.5) is 10.1 Å². The number of hydrogen-bond acceptors (Lipinski definition) is 2. The first-order valence-corrected chi connectivity index (χ1v) is 7.78. The fourth-order valence-corrected chi connectivity index (χ4v) is 2.51. The van der Waals surface area contributed by atoms with Crippen LogP contribution in [0.25, 0.3) is 0 Å². The van der Waals surface area contributed by atoms with E-state index in [4.69, 9.17) is 0 Å². The number of nitrogens with zero attached hydrogens (tertiary/aromatic N) is 2. The van der Waals surface area contributed by atoms with Crippen molar-refractivity contribution < 1.29 is 9.18 Å².